The minimum Gasteiger partial charge on any atom is -0.308 e. The Balaban J connectivity index is 2.45. The highest BCUT2D eigenvalue weighted by Crippen LogP contribution is 2.18. The maximum Gasteiger partial charge on any atom is 0.173 e. The summed E-state index contributed by atoms with van der Waals surface area (Å²) in [6.07, 6.45) is 0. The molecule has 1 atom stereocenters. The van der Waals surface area contributed by atoms with E-state index < -0.39 is 0 Å². The van der Waals surface area contributed by atoms with E-state index in [0.29, 0.717) is 11.5 Å². The van der Waals surface area contributed by atoms with E-state index in [1.54, 1.807) is 12.1 Å². The second-order valence-electron chi connectivity index (χ2n) is 4.18. The molecule has 6 heteroatoms. The molecule has 96 valence electrons. The fraction of sp³-hybridized carbons (Fsp3) is 0.417. The minimum absolute atomic E-state index is 0.0371. The number of benzene rings is 1. The predicted molar refractivity (Wildman–Crippen MR) is 65.9 cm³/mol. The number of nitrogens with zero attached hydrogens (tertiary/aromatic N) is 4. The van der Waals surface area contributed by atoms with Crippen LogP contribution in [0.15, 0.2) is 18.2 Å². The van der Waals surface area contributed by atoms with E-state index in [9.17, 15) is 4.39 Å². The highest BCUT2D eigenvalue weighted by atomic mass is 19.1. The summed E-state index contributed by atoms with van der Waals surface area (Å²) in [6, 6.07) is 4.84. The first-order valence-electron chi connectivity index (χ1n) is 5.91. The van der Waals surface area contributed by atoms with Gasteiger partial charge in [0.15, 0.2) is 5.82 Å². The van der Waals surface area contributed by atoms with Crippen molar-refractivity contribution in [2.45, 2.75) is 26.8 Å². The molecule has 2 aromatic rings. The Morgan fingerprint density at radius 1 is 1.44 bits per heavy atom. The number of halogens is 1. The lowest BCUT2D eigenvalue weighted by atomic mass is 10.2. The van der Waals surface area contributed by atoms with E-state index in [4.69, 9.17) is 0 Å². The maximum atomic E-state index is 13.8. The summed E-state index contributed by atoms with van der Waals surface area (Å²) in [6.45, 7) is 6.64. The molecular weight excluding hydrogens is 233 g/mol. The lowest BCUT2D eigenvalue weighted by molar-refractivity contribution is 0.540. The summed E-state index contributed by atoms with van der Waals surface area (Å²) < 4.78 is 15.3. The average Bonchev–Trinajstić information content (AvgIpc) is 2.81. The molecule has 0 aliphatic heterocycles. The van der Waals surface area contributed by atoms with Crippen LogP contribution in [0.1, 0.15) is 31.3 Å². The van der Waals surface area contributed by atoms with Crippen molar-refractivity contribution in [3.05, 3.63) is 35.4 Å². The Bertz CT molecular complexity index is 537. The van der Waals surface area contributed by atoms with Crippen LogP contribution in [0.3, 0.4) is 0 Å². The number of aromatic nitrogens is 4. The van der Waals surface area contributed by atoms with Crippen molar-refractivity contribution < 1.29 is 4.39 Å². The average molecular weight is 249 g/mol. The third-order valence-corrected chi connectivity index (χ3v) is 2.72. The van der Waals surface area contributed by atoms with Crippen LogP contribution < -0.4 is 5.32 Å². The third-order valence-electron chi connectivity index (χ3n) is 2.72. The van der Waals surface area contributed by atoms with Crippen LogP contribution in [0.5, 0.6) is 0 Å². The van der Waals surface area contributed by atoms with Crippen LogP contribution in [-0.4, -0.2) is 26.8 Å². The minimum atomic E-state index is -0.335. The Hall–Kier alpha value is -1.82. The fourth-order valence-electron chi connectivity index (χ4n) is 1.82. The first kappa shape index (κ1) is 12.6. The smallest absolute Gasteiger partial charge is 0.173 e. The van der Waals surface area contributed by atoms with Crippen LogP contribution in [0.2, 0.25) is 0 Å². The molecule has 0 saturated heterocycles. The zero-order chi connectivity index (χ0) is 13.1. The van der Waals surface area contributed by atoms with E-state index in [1.807, 2.05) is 20.8 Å². The largest absolute Gasteiger partial charge is 0.308 e. The van der Waals surface area contributed by atoms with Gasteiger partial charge in [0.1, 0.15) is 11.5 Å². The normalized spacial score (nSPS) is 12.7. The van der Waals surface area contributed by atoms with Crippen molar-refractivity contribution >= 4 is 0 Å². The van der Waals surface area contributed by atoms with Gasteiger partial charge in [0.2, 0.25) is 0 Å². The second kappa shape index (κ2) is 5.22. The highest BCUT2D eigenvalue weighted by molar-refractivity contribution is 5.36. The monoisotopic (exact) mass is 249 g/mol. The number of hydrogen-bond acceptors (Lipinski definition) is 4. The summed E-state index contributed by atoms with van der Waals surface area (Å²) in [5.41, 5.74) is 1.34. The van der Waals surface area contributed by atoms with Gasteiger partial charge in [0.25, 0.3) is 0 Å². The summed E-state index contributed by atoms with van der Waals surface area (Å²) in [5.74, 6) is 0.263. The van der Waals surface area contributed by atoms with Crippen LogP contribution >= 0.6 is 0 Å². The molecule has 0 amide bonds. The third kappa shape index (κ3) is 2.38. The molecule has 1 aromatic carbocycles. The molecule has 2 rings (SSSR count). The molecule has 0 bridgehead atoms. The first-order valence-corrected chi connectivity index (χ1v) is 5.91. The predicted octanol–water partition coefficient (Wildman–Crippen LogP) is 1.78. The van der Waals surface area contributed by atoms with E-state index in [0.717, 1.165) is 12.1 Å². The number of rotatable bonds is 4. The van der Waals surface area contributed by atoms with Crippen molar-refractivity contribution in [1.82, 2.24) is 25.5 Å². The SMILES string of the molecule is CCNC(C)c1nnnn1-c1cc(C)ccc1F. The number of aryl methyl sites for hydroxylation is 1. The molecule has 0 radical (unpaired) electrons. The molecule has 1 N–H and O–H groups in total. The molecule has 1 unspecified atom stereocenters. The zero-order valence-corrected chi connectivity index (χ0v) is 10.7. The summed E-state index contributed by atoms with van der Waals surface area (Å²) in [5, 5.41) is 14.7. The Labute approximate surface area is 105 Å². The van der Waals surface area contributed by atoms with Gasteiger partial charge in [-0.1, -0.05) is 13.0 Å². The van der Waals surface area contributed by atoms with E-state index in [2.05, 4.69) is 20.8 Å². The van der Waals surface area contributed by atoms with Crippen LogP contribution in [0.25, 0.3) is 5.69 Å². The molecule has 18 heavy (non-hydrogen) atoms. The van der Waals surface area contributed by atoms with Gasteiger partial charge >= 0.3 is 0 Å². The molecule has 0 aliphatic rings. The maximum absolute atomic E-state index is 13.8. The van der Waals surface area contributed by atoms with Gasteiger partial charge in [-0.15, -0.1) is 5.10 Å². The molecule has 1 heterocycles. The Morgan fingerprint density at radius 3 is 2.94 bits per heavy atom. The fourth-order valence-corrected chi connectivity index (χ4v) is 1.82. The van der Waals surface area contributed by atoms with Gasteiger partial charge in [0, 0.05) is 0 Å². The van der Waals surface area contributed by atoms with Crippen molar-refractivity contribution in [1.29, 1.82) is 0 Å². The molecule has 0 aliphatic carbocycles. The Kier molecular flexibility index (Phi) is 3.66. The van der Waals surface area contributed by atoms with Crippen LogP contribution in [-0.2, 0) is 0 Å². The topological polar surface area (TPSA) is 55.6 Å². The summed E-state index contributed by atoms with van der Waals surface area (Å²) in [7, 11) is 0. The Morgan fingerprint density at radius 2 is 2.22 bits per heavy atom. The van der Waals surface area contributed by atoms with Gasteiger partial charge in [-0.05, 0) is 48.5 Å². The standard InChI is InChI=1S/C12H16FN5/c1-4-14-9(3)12-15-16-17-18(12)11-7-8(2)5-6-10(11)13/h5-7,9,14H,4H2,1-3H3. The van der Waals surface area contributed by atoms with Crippen molar-refractivity contribution in [3.8, 4) is 5.69 Å². The van der Waals surface area contributed by atoms with E-state index in [1.165, 1.54) is 10.7 Å². The molecular formula is C12H16FN5. The van der Waals surface area contributed by atoms with Gasteiger partial charge in [-0.3, -0.25) is 0 Å². The second-order valence-corrected chi connectivity index (χ2v) is 4.18. The van der Waals surface area contributed by atoms with Crippen LogP contribution in [0, 0.1) is 12.7 Å². The molecule has 0 saturated carbocycles. The lowest BCUT2D eigenvalue weighted by Crippen LogP contribution is -2.22. The van der Waals surface area contributed by atoms with Crippen molar-refractivity contribution in [2.75, 3.05) is 6.54 Å². The summed E-state index contributed by atoms with van der Waals surface area (Å²) >= 11 is 0. The first-order chi connectivity index (χ1) is 8.63. The molecule has 0 fully saturated rings. The van der Waals surface area contributed by atoms with Crippen molar-refractivity contribution in [3.63, 3.8) is 0 Å². The van der Waals surface area contributed by atoms with Gasteiger partial charge < -0.3 is 5.32 Å². The van der Waals surface area contributed by atoms with Gasteiger partial charge in [-0.2, -0.15) is 4.68 Å². The van der Waals surface area contributed by atoms with Crippen molar-refractivity contribution in [2.24, 2.45) is 0 Å². The highest BCUT2D eigenvalue weighted by Gasteiger charge is 2.17. The van der Waals surface area contributed by atoms with E-state index >= 15 is 0 Å². The molecule has 5 nitrogen and oxygen atoms in total. The number of hydrogen-bond donors (Lipinski definition) is 1. The van der Waals surface area contributed by atoms with Crippen LogP contribution in [0.4, 0.5) is 4.39 Å². The van der Waals surface area contributed by atoms with E-state index in [-0.39, 0.29) is 11.9 Å². The zero-order valence-electron chi connectivity index (χ0n) is 10.7. The quantitative estimate of drug-likeness (QED) is 0.897. The number of tetrazole rings is 1. The van der Waals surface area contributed by atoms with Gasteiger partial charge in [0.05, 0.1) is 6.04 Å². The molecule has 1 aromatic heterocycles. The lowest BCUT2D eigenvalue weighted by Gasteiger charge is -2.12. The van der Waals surface area contributed by atoms with Gasteiger partial charge in [-0.25, -0.2) is 4.39 Å². The number of nitrogens with one attached hydrogen (secondary N) is 1. The molecule has 0 spiro atoms. The summed E-state index contributed by atoms with van der Waals surface area (Å²) in [4.78, 5) is 0.